The summed E-state index contributed by atoms with van der Waals surface area (Å²) in [5.41, 5.74) is 4.71. The normalized spacial score (nSPS) is 15.6. The van der Waals surface area contributed by atoms with Crippen LogP contribution in [0.1, 0.15) is 30.0 Å². The lowest BCUT2D eigenvalue weighted by molar-refractivity contribution is 0.0289. The zero-order valence-corrected chi connectivity index (χ0v) is 22.6. The van der Waals surface area contributed by atoms with E-state index in [1.54, 1.807) is 21.3 Å². The molecule has 0 bridgehead atoms. The van der Waals surface area contributed by atoms with Gasteiger partial charge in [0.15, 0.2) is 11.5 Å². The number of aromatic nitrogens is 4. The summed E-state index contributed by atoms with van der Waals surface area (Å²) in [6, 6.07) is 8.07. The minimum absolute atomic E-state index is 0.160. The number of methoxy groups -OCH3 is 3. The molecule has 2 aromatic carbocycles. The molecule has 0 amide bonds. The summed E-state index contributed by atoms with van der Waals surface area (Å²) >= 11 is 1.51. The third-order valence-electron chi connectivity index (χ3n) is 6.35. The van der Waals surface area contributed by atoms with Gasteiger partial charge in [0.2, 0.25) is 10.9 Å². The average Bonchev–Trinajstić information content (AvgIpc) is 3.51. The van der Waals surface area contributed by atoms with Gasteiger partial charge in [-0.2, -0.15) is 0 Å². The second-order valence-electron chi connectivity index (χ2n) is 8.71. The summed E-state index contributed by atoms with van der Waals surface area (Å²) in [4.78, 5) is 5.22. The lowest BCUT2D eigenvalue weighted by Crippen LogP contribution is -2.33. The van der Waals surface area contributed by atoms with Crippen molar-refractivity contribution in [1.29, 1.82) is 0 Å². The summed E-state index contributed by atoms with van der Waals surface area (Å²) in [5.74, 6) is 2.54. The van der Waals surface area contributed by atoms with Crippen molar-refractivity contribution in [3.8, 4) is 28.6 Å². The first-order valence-corrected chi connectivity index (χ1v) is 13.1. The lowest BCUT2D eigenvalue weighted by atomic mass is 10.0. The van der Waals surface area contributed by atoms with Gasteiger partial charge in [-0.25, -0.2) is 4.98 Å². The summed E-state index contributed by atoms with van der Waals surface area (Å²) in [7, 11) is 4.84. The summed E-state index contributed by atoms with van der Waals surface area (Å²) in [6.45, 7) is 7.06. The Bertz CT molecular complexity index is 1370. The zero-order valence-electron chi connectivity index (χ0n) is 21.8. The van der Waals surface area contributed by atoms with E-state index in [-0.39, 0.29) is 6.10 Å². The third kappa shape index (κ3) is 4.81. The number of imidazole rings is 1. The number of nitrogens with zero attached hydrogens (tertiary/aromatic N) is 4. The van der Waals surface area contributed by atoms with E-state index in [2.05, 4.69) is 44.5 Å². The Morgan fingerprint density at radius 1 is 1.14 bits per heavy atom. The van der Waals surface area contributed by atoms with Crippen LogP contribution in [0.15, 0.2) is 24.3 Å². The minimum Gasteiger partial charge on any atom is -0.493 e. The van der Waals surface area contributed by atoms with Gasteiger partial charge in [0.05, 0.1) is 45.1 Å². The van der Waals surface area contributed by atoms with Crippen LogP contribution in [0.25, 0.3) is 22.4 Å². The quantitative estimate of drug-likeness (QED) is 0.322. The van der Waals surface area contributed by atoms with E-state index in [0.717, 1.165) is 63.3 Å². The monoisotopic (exact) mass is 524 g/mol. The van der Waals surface area contributed by atoms with Gasteiger partial charge in [-0.1, -0.05) is 18.3 Å². The second kappa shape index (κ2) is 10.9. The summed E-state index contributed by atoms with van der Waals surface area (Å²) in [5, 5.41) is 17.0. The first kappa shape index (κ1) is 25.2. The van der Waals surface area contributed by atoms with Crippen molar-refractivity contribution in [1.82, 2.24) is 25.1 Å². The number of morpholine rings is 1. The van der Waals surface area contributed by atoms with Gasteiger partial charge in [0.25, 0.3) is 0 Å². The molecule has 2 aromatic heterocycles. The minimum atomic E-state index is -0.160. The van der Waals surface area contributed by atoms with E-state index in [4.69, 9.17) is 23.9 Å². The van der Waals surface area contributed by atoms with Crippen LogP contribution in [-0.4, -0.2) is 60.8 Å². The molecule has 0 saturated carbocycles. The number of hydrogen-bond acceptors (Lipinski definition) is 10. The van der Waals surface area contributed by atoms with Crippen LogP contribution in [0.5, 0.6) is 17.2 Å². The van der Waals surface area contributed by atoms with Gasteiger partial charge in [-0.15, -0.1) is 10.2 Å². The van der Waals surface area contributed by atoms with Crippen LogP contribution in [0.3, 0.4) is 0 Å². The number of benzene rings is 2. The fourth-order valence-electron chi connectivity index (χ4n) is 4.74. The maximum atomic E-state index is 6.23. The summed E-state index contributed by atoms with van der Waals surface area (Å²) in [6.07, 6.45) is 0.788. The van der Waals surface area contributed by atoms with E-state index in [9.17, 15) is 0 Å². The molecule has 1 saturated heterocycles. The first-order chi connectivity index (χ1) is 18.1. The van der Waals surface area contributed by atoms with Crippen molar-refractivity contribution in [2.24, 2.45) is 0 Å². The molecule has 196 valence electrons. The molecule has 11 heteroatoms. The first-order valence-electron chi connectivity index (χ1n) is 12.3. The highest BCUT2D eigenvalue weighted by molar-refractivity contribution is 7.15. The average molecular weight is 525 g/mol. The number of fused-ring (bicyclic) bond motifs is 1. The number of anilines is 2. The maximum absolute atomic E-state index is 6.23. The fraction of sp³-hybridized carbons (Fsp3) is 0.423. The van der Waals surface area contributed by atoms with Gasteiger partial charge in [-0.3, -0.25) is 0 Å². The molecule has 4 aromatic rings. The van der Waals surface area contributed by atoms with Crippen molar-refractivity contribution < 1.29 is 18.9 Å². The summed E-state index contributed by atoms with van der Waals surface area (Å²) < 4.78 is 25.3. The Hall–Kier alpha value is -3.41. The maximum Gasteiger partial charge on any atom is 0.210 e. The predicted molar refractivity (Wildman–Crippen MR) is 145 cm³/mol. The number of aryl methyl sites for hydroxylation is 2. The highest BCUT2D eigenvalue weighted by atomic mass is 32.1. The van der Waals surface area contributed by atoms with E-state index in [1.165, 1.54) is 11.3 Å². The number of hydrogen-bond donors (Lipinski definition) is 2. The van der Waals surface area contributed by atoms with Gasteiger partial charge in [-0.05, 0) is 37.6 Å². The standard InChI is InChI=1S/C26H32N6O4S/c1-6-10-32-18-8-7-17(28-26-31-30-15(2)37-26)22(21-14-27-9-11-36-21)23(18)29-25(32)16-12-19(33-3)24(35-5)20(13-16)34-4/h7-8,12-13,21,27H,6,9-11,14H2,1-5H3,(H,28,31). The molecule has 10 nitrogen and oxygen atoms in total. The highest BCUT2D eigenvalue weighted by Crippen LogP contribution is 2.43. The van der Waals surface area contributed by atoms with E-state index in [0.29, 0.717) is 30.4 Å². The molecule has 3 heterocycles. The van der Waals surface area contributed by atoms with Crippen molar-refractivity contribution >= 4 is 33.2 Å². The van der Waals surface area contributed by atoms with Gasteiger partial charge < -0.3 is 34.1 Å². The number of rotatable bonds is 9. The van der Waals surface area contributed by atoms with Crippen LogP contribution >= 0.6 is 11.3 Å². The van der Waals surface area contributed by atoms with Crippen LogP contribution in [0.2, 0.25) is 0 Å². The van der Waals surface area contributed by atoms with Gasteiger partial charge in [0.1, 0.15) is 10.8 Å². The number of nitrogens with one attached hydrogen (secondary N) is 2. The molecule has 1 unspecified atom stereocenters. The lowest BCUT2D eigenvalue weighted by Gasteiger charge is -2.26. The molecule has 0 spiro atoms. The Balaban J connectivity index is 1.73. The van der Waals surface area contributed by atoms with Crippen molar-refractivity contribution in [2.45, 2.75) is 32.9 Å². The largest absolute Gasteiger partial charge is 0.493 e. The fourth-order valence-corrected chi connectivity index (χ4v) is 5.34. The van der Waals surface area contributed by atoms with E-state index >= 15 is 0 Å². The SMILES string of the molecule is CCCn1c(-c2cc(OC)c(OC)c(OC)c2)nc2c(C3CNCCO3)c(Nc3nnc(C)s3)ccc21. The molecule has 1 aliphatic rings. The molecule has 1 atom stereocenters. The molecule has 5 rings (SSSR count). The third-order valence-corrected chi connectivity index (χ3v) is 7.10. The van der Waals surface area contributed by atoms with Crippen LogP contribution < -0.4 is 24.8 Å². The van der Waals surface area contributed by atoms with E-state index < -0.39 is 0 Å². The molecular weight excluding hydrogens is 492 g/mol. The Labute approximate surface area is 219 Å². The van der Waals surface area contributed by atoms with Crippen molar-refractivity contribution in [3.63, 3.8) is 0 Å². The predicted octanol–water partition coefficient (Wildman–Crippen LogP) is 4.70. The van der Waals surface area contributed by atoms with Crippen LogP contribution in [-0.2, 0) is 11.3 Å². The Morgan fingerprint density at radius 2 is 1.92 bits per heavy atom. The van der Waals surface area contributed by atoms with Gasteiger partial charge >= 0.3 is 0 Å². The molecular formula is C26H32N6O4S. The molecule has 37 heavy (non-hydrogen) atoms. The molecule has 0 aliphatic carbocycles. The second-order valence-corrected chi connectivity index (χ2v) is 9.89. The van der Waals surface area contributed by atoms with E-state index in [1.807, 2.05) is 19.1 Å². The smallest absolute Gasteiger partial charge is 0.210 e. The van der Waals surface area contributed by atoms with Crippen molar-refractivity contribution in [3.05, 3.63) is 34.8 Å². The highest BCUT2D eigenvalue weighted by Gasteiger charge is 2.27. The topological polar surface area (TPSA) is 105 Å². The Kier molecular flexibility index (Phi) is 7.45. The van der Waals surface area contributed by atoms with Gasteiger partial charge in [0, 0.05) is 36.4 Å². The van der Waals surface area contributed by atoms with Crippen LogP contribution in [0, 0.1) is 6.92 Å². The molecule has 1 fully saturated rings. The Morgan fingerprint density at radius 3 is 2.51 bits per heavy atom. The molecule has 2 N–H and O–H groups in total. The number of ether oxygens (including phenoxy) is 4. The van der Waals surface area contributed by atoms with Crippen LogP contribution in [0.4, 0.5) is 10.8 Å². The van der Waals surface area contributed by atoms with Crippen molar-refractivity contribution in [2.75, 3.05) is 46.3 Å². The zero-order chi connectivity index (χ0) is 25.9. The molecule has 0 radical (unpaired) electrons. The molecule has 1 aliphatic heterocycles.